The average Bonchev–Trinajstić information content (AvgIpc) is 3.88. The smallest absolute Gasteiger partial charge is 0.0640 e. The molecule has 11 aromatic rings. The molecule has 52 heavy (non-hydrogen) atoms. The highest BCUT2D eigenvalue weighted by Crippen LogP contribution is 2.46. The van der Waals surface area contributed by atoms with Crippen molar-refractivity contribution in [1.82, 2.24) is 4.57 Å². The van der Waals surface area contributed by atoms with E-state index in [0.29, 0.717) is 0 Å². The molecule has 4 heteroatoms. The minimum absolute atomic E-state index is 1.13. The number of anilines is 3. The molecule has 0 radical (unpaired) electrons. The highest BCUT2D eigenvalue weighted by Gasteiger charge is 2.20. The third-order valence-electron chi connectivity index (χ3n) is 10.4. The first kappa shape index (κ1) is 29.5. The molecule has 0 spiro atoms. The van der Waals surface area contributed by atoms with Gasteiger partial charge in [-0.2, -0.15) is 0 Å². The molecule has 0 aliphatic heterocycles. The van der Waals surface area contributed by atoms with Crippen LogP contribution in [0.2, 0.25) is 0 Å². The van der Waals surface area contributed by atoms with Crippen LogP contribution in [0.4, 0.5) is 17.1 Å². The Bertz CT molecular complexity index is 3130. The van der Waals surface area contributed by atoms with Crippen molar-refractivity contribution in [3.8, 4) is 16.8 Å². The molecule has 244 valence electrons. The minimum atomic E-state index is 1.13. The molecule has 0 aliphatic rings. The highest BCUT2D eigenvalue weighted by atomic mass is 32.1. The molecular weight excluding hydrogens is 669 g/mol. The van der Waals surface area contributed by atoms with E-state index in [-0.39, 0.29) is 0 Å². The topological polar surface area (TPSA) is 8.17 Å². The first-order valence-corrected chi connectivity index (χ1v) is 19.2. The molecule has 0 unspecified atom stereocenters. The van der Waals surface area contributed by atoms with E-state index in [1.807, 2.05) is 22.7 Å². The maximum atomic E-state index is 2.45. The van der Waals surface area contributed by atoms with Gasteiger partial charge in [0.15, 0.2) is 0 Å². The summed E-state index contributed by atoms with van der Waals surface area (Å²) in [7, 11) is 0. The van der Waals surface area contributed by atoms with Crippen LogP contribution in [0, 0.1) is 0 Å². The van der Waals surface area contributed by atoms with Crippen LogP contribution in [0.25, 0.3) is 79.0 Å². The lowest BCUT2D eigenvalue weighted by molar-refractivity contribution is 1.18. The minimum Gasteiger partial charge on any atom is -0.309 e. The van der Waals surface area contributed by atoms with Crippen molar-refractivity contribution in [3.63, 3.8) is 0 Å². The van der Waals surface area contributed by atoms with Gasteiger partial charge < -0.3 is 9.47 Å². The van der Waals surface area contributed by atoms with Crippen LogP contribution in [0.15, 0.2) is 182 Å². The fourth-order valence-electron chi connectivity index (χ4n) is 8.00. The van der Waals surface area contributed by atoms with Gasteiger partial charge in [-0.3, -0.25) is 0 Å². The standard InChI is InChI=1S/C48H30N2S2/c1-2-11-33(12-3-1)50-42-17-7-4-13-36(42)37-27-23-32(29-44(37)50)31-21-24-34(25-22-31)49(35-26-28-47-41(30-35)39-15-6-8-19-45(39)51-47)43-18-10-16-40-38-14-5-9-20-46(38)52-48(40)43/h1-30H. The van der Waals surface area contributed by atoms with Crippen molar-refractivity contribution in [1.29, 1.82) is 0 Å². The summed E-state index contributed by atoms with van der Waals surface area (Å²) in [4.78, 5) is 2.45. The molecule has 0 amide bonds. The summed E-state index contributed by atoms with van der Waals surface area (Å²) in [5.74, 6) is 0. The van der Waals surface area contributed by atoms with Crippen molar-refractivity contribution in [2.24, 2.45) is 0 Å². The van der Waals surface area contributed by atoms with Gasteiger partial charge in [0.25, 0.3) is 0 Å². The molecule has 0 fully saturated rings. The summed E-state index contributed by atoms with van der Waals surface area (Å²) >= 11 is 3.74. The summed E-state index contributed by atoms with van der Waals surface area (Å²) in [5, 5.41) is 7.74. The Morgan fingerprint density at radius 2 is 0.981 bits per heavy atom. The Balaban J connectivity index is 1.08. The Morgan fingerprint density at radius 3 is 1.81 bits per heavy atom. The van der Waals surface area contributed by atoms with Gasteiger partial charge in [-0.25, -0.2) is 0 Å². The van der Waals surface area contributed by atoms with Gasteiger partial charge in [0.05, 0.1) is 21.4 Å². The molecule has 0 saturated heterocycles. The largest absolute Gasteiger partial charge is 0.309 e. The van der Waals surface area contributed by atoms with E-state index in [1.54, 1.807) is 0 Å². The van der Waals surface area contributed by atoms with Crippen LogP contribution in [-0.2, 0) is 0 Å². The summed E-state index contributed by atoms with van der Waals surface area (Å²) in [6.07, 6.45) is 0. The van der Waals surface area contributed by atoms with Gasteiger partial charge in [0.2, 0.25) is 0 Å². The van der Waals surface area contributed by atoms with E-state index >= 15 is 0 Å². The van der Waals surface area contributed by atoms with Crippen LogP contribution in [0.1, 0.15) is 0 Å². The SMILES string of the molecule is c1ccc(-n2c3ccccc3c3ccc(-c4ccc(N(c5ccc6sc7ccccc7c6c5)c5cccc6c5sc5ccccc56)cc4)cc32)cc1. The molecule has 8 aromatic carbocycles. The number of rotatable bonds is 5. The molecule has 0 bridgehead atoms. The summed E-state index contributed by atoms with van der Waals surface area (Å²) in [6.45, 7) is 0. The van der Waals surface area contributed by atoms with Gasteiger partial charge >= 0.3 is 0 Å². The zero-order valence-electron chi connectivity index (χ0n) is 28.0. The lowest BCUT2D eigenvalue weighted by atomic mass is 10.0. The van der Waals surface area contributed by atoms with E-state index in [1.165, 1.54) is 84.7 Å². The third kappa shape index (κ3) is 4.55. The number of fused-ring (bicyclic) bond motifs is 9. The van der Waals surface area contributed by atoms with Crippen LogP contribution in [-0.4, -0.2) is 4.57 Å². The van der Waals surface area contributed by atoms with Crippen molar-refractivity contribution >= 4 is 102 Å². The van der Waals surface area contributed by atoms with Crippen LogP contribution in [0.5, 0.6) is 0 Å². The predicted octanol–water partition coefficient (Wildman–Crippen LogP) is 14.7. The van der Waals surface area contributed by atoms with Crippen LogP contribution < -0.4 is 4.90 Å². The Labute approximate surface area is 308 Å². The number of benzene rings is 8. The maximum Gasteiger partial charge on any atom is 0.0640 e. The molecule has 3 heterocycles. The highest BCUT2D eigenvalue weighted by molar-refractivity contribution is 7.26. The second-order valence-corrected chi connectivity index (χ2v) is 15.5. The molecule has 2 nitrogen and oxygen atoms in total. The first-order valence-electron chi connectivity index (χ1n) is 17.6. The molecule has 3 aromatic heterocycles. The predicted molar refractivity (Wildman–Crippen MR) is 227 cm³/mol. The summed E-state index contributed by atoms with van der Waals surface area (Å²) in [5.41, 5.74) is 9.47. The fraction of sp³-hybridized carbons (Fsp3) is 0. The van der Waals surface area contributed by atoms with Gasteiger partial charge in [-0.15, -0.1) is 22.7 Å². The number of para-hydroxylation sites is 2. The molecular formula is C48H30N2S2. The van der Waals surface area contributed by atoms with Crippen molar-refractivity contribution in [3.05, 3.63) is 182 Å². The lowest BCUT2D eigenvalue weighted by Gasteiger charge is -2.26. The third-order valence-corrected chi connectivity index (χ3v) is 12.8. The fourth-order valence-corrected chi connectivity index (χ4v) is 10.3. The Hall–Kier alpha value is -6.20. The Morgan fingerprint density at radius 1 is 0.365 bits per heavy atom. The van der Waals surface area contributed by atoms with Gasteiger partial charge in [-0.05, 0) is 83.9 Å². The molecule has 11 rings (SSSR count). The zero-order chi connectivity index (χ0) is 34.2. The summed E-state index contributed by atoms with van der Waals surface area (Å²) < 4.78 is 7.62. The molecule has 0 N–H and O–H groups in total. The monoisotopic (exact) mass is 698 g/mol. The number of aromatic nitrogens is 1. The second kappa shape index (κ2) is 11.7. The number of hydrogen-bond acceptors (Lipinski definition) is 3. The zero-order valence-corrected chi connectivity index (χ0v) is 29.7. The van der Waals surface area contributed by atoms with Gasteiger partial charge in [0.1, 0.15) is 0 Å². The molecule has 0 atom stereocenters. The Kier molecular flexibility index (Phi) is 6.63. The van der Waals surface area contributed by atoms with E-state index in [0.717, 1.165) is 11.4 Å². The normalized spacial score (nSPS) is 11.8. The number of hydrogen-bond donors (Lipinski definition) is 0. The van der Waals surface area contributed by atoms with Crippen molar-refractivity contribution < 1.29 is 0 Å². The summed E-state index contributed by atoms with van der Waals surface area (Å²) in [6, 6.07) is 66.7. The maximum absolute atomic E-state index is 2.45. The van der Waals surface area contributed by atoms with E-state index < -0.39 is 0 Å². The van der Waals surface area contributed by atoms with Crippen LogP contribution in [0.3, 0.4) is 0 Å². The van der Waals surface area contributed by atoms with Gasteiger partial charge in [-0.1, -0.05) is 109 Å². The second-order valence-electron chi connectivity index (χ2n) is 13.3. The van der Waals surface area contributed by atoms with E-state index in [2.05, 4.69) is 191 Å². The average molecular weight is 699 g/mol. The van der Waals surface area contributed by atoms with E-state index in [4.69, 9.17) is 0 Å². The molecule has 0 saturated carbocycles. The lowest BCUT2D eigenvalue weighted by Crippen LogP contribution is -2.10. The first-order chi connectivity index (χ1) is 25.8. The van der Waals surface area contributed by atoms with Crippen LogP contribution >= 0.6 is 22.7 Å². The number of thiophene rings is 2. The van der Waals surface area contributed by atoms with E-state index in [9.17, 15) is 0 Å². The van der Waals surface area contributed by atoms with Crippen molar-refractivity contribution in [2.45, 2.75) is 0 Å². The molecule has 0 aliphatic carbocycles. The van der Waals surface area contributed by atoms with Crippen molar-refractivity contribution in [2.75, 3.05) is 4.90 Å². The number of nitrogens with zero attached hydrogens (tertiary/aromatic N) is 2. The van der Waals surface area contributed by atoms with Gasteiger partial charge in [0, 0.05) is 63.5 Å². The quantitative estimate of drug-likeness (QED) is 0.174.